The maximum atomic E-state index is 12.5. The number of anilines is 1. The average Bonchev–Trinajstić information content (AvgIpc) is 2.82. The molecular formula is C19H17BrN2O2. The Kier molecular flexibility index (Phi) is 4.53. The third-order valence-electron chi connectivity index (χ3n) is 4.16. The molecule has 3 aromatic rings. The van der Waals surface area contributed by atoms with Crippen LogP contribution in [0.3, 0.4) is 0 Å². The second-order valence-electron chi connectivity index (χ2n) is 5.73. The molecule has 0 spiro atoms. The van der Waals surface area contributed by atoms with Crippen LogP contribution in [0.2, 0.25) is 0 Å². The third kappa shape index (κ3) is 2.99. The smallest absolute Gasteiger partial charge is 0.244 e. The molecule has 0 radical (unpaired) electrons. The van der Waals surface area contributed by atoms with Gasteiger partial charge < -0.3 is 9.88 Å². The van der Waals surface area contributed by atoms with E-state index in [1.165, 1.54) is 0 Å². The first-order chi connectivity index (χ1) is 11.5. The molecule has 3 rings (SSSR count). The van der Waals surface area contributed by atoms with E-state index in [0.29, 0.717) is 5.56 Å². The molecule has 4 nitrogen and oxygen atoms in total. The number of carbonyl (C=O) groups is 2. The van der Waals surface area contributed by atoms with Crippen LogP contribution in [0, 0.1) is 13.8 Å². The van der Waals surface area contributed by atoms with Gasteiger partial charge in [0.2, 0.25) is 5.91 Å². The number of hydrogen-bond donors (Lipinski definition) is 1. The van der Waals surface area contributed by atoms with E-state index in [0.717, 1.165) is 38.6 Å². The van der Waals surface area contributed by atoms with Crippen LogP contribution in [0.25, 0.3) is 10.9 Å². The SMILES string of the molecule is Cc1cc(Br)ccc1NC(=O)Cn1c(C)c(C=O)c2ccccc21. The van der Waals surface area contributed by atoms with E-state index < -0.39 is 0 Å². The molecule has 122 valence electrons. The maximum absolute atomic E-state index is 12.5. The minimum atomic E-state index is -0.123. The van der Waals surface area contributed by atoms with Crippen LogP contribution >= 0.6 is 15.9 Å². The molecule has 5 heteroatoms. The number of hydrogen-bond acceptors (Lipinski definition) is 2. The summed E-state index contributed by atoms with van der Waals surface area (Å²) in [6.45, 7) is 3.97. The number of nitrogens with one attached hydrogen (secondary N) is 1. The molecule has 0 bridgehead atoms. The molecule has 1 heterocycles. The van der Waals surface area contributed by atoms with Crippen molar-refractivity contribution in [3.05, 3.63) is 63.8 Å². The van der Waals surface area contributed by atoms with Crippen LogP contribution in [-0.2, 0) is 11.3 Å². The summed E-state index contributed by atoms with van der Waals surface area (Å²) in [5, 5.41) is 3.81. The third-order valence-corrected chi connectivity index (χ3v) is 4.66. The van der Waals surface area contributed by atoms with Gasteiger partial charge in [-0.25, -0.2) is 0 Å². The van der Waals surface area contributed by atoms with Crippen LogP contribution in [0.5, 0.6) is 0 Å². The number of aryl methyl sites for hydroxylation is 1. The van der Waals surface area contributed by atoms with Crippen LogP contribution < -0.4 is 5.32 Å². The zero-order chi connectivity index (χ0) is 17.3. The molecule has 0 saturated carbocycles. The van der Waals surface area contributed by atoms with Gasteiger partial charge in [0, 0.05) is 32.3 Å². The zero-order valence-corrected chi connectivity index (χ0v) is 15.1. The van der Waals surface area contributed by atoms with Gasteiger partial charge in [-0.3, -0.25) is 9.59 Å². The van der Waals surface area contributed by atoms with Gasteiger partial charge in [0.1, 0.15) is 6.54 Å². The van der Waals surface area contributed by atoms with Crippen LogP contribution in [0.1, 0.15) is 21.6 Å². The Balaban J connectivity index is 1.91. The molecule has 0 aliphatic carbocycles. The summed E-state index contributed by atoms with van der Waals surface area (Å²) >= 11 is 3.41. The first-order valence-corrected chi connectivity index (χ1v) is 8.39. The molecule has 0 aliphatic rings. The lowest BCUT2D eigenvalue weighted by Crippen LogP contribution is -2.20. The number of para-hydroxylation sites is 1. The van der Waals surface area contributed by atoms with Gasteiger partial charge in [-0.05, 0) is 43.7 Å². The highest BCUT2D eigenvalue weighted by Crippen LogP contribution is 2.25. The van der Waals surface area contributed by atoms with E-state index in [2.05, 4.69) is 21.2 Å². The lowest BCUT2D eigenvalue weighted by atomic mass is 10.1. The predicted octanol–water partition coefficient (Wildman–Crippen LogP) is 4.47. The predicted molar refractivity (Wildman–Crippen MR) is 99.6 cm³/mol. The molecule has 0 atom stereocenters. The number of benzene rings is 2. The van der Waals surface area contributed by atoms with Crippen molar-refractivity contribution in [3.63, 3.8) is 0 Å². The van der Waals surface area contributed by atoms with Gasteiger partial charge in [0.15, 0.2) is 6.29 Å². The standard InChI is InChI=1S/C19H17BrN2O2/c1-12-9-14(20)7-8-17(12)21-19(24)10-22-13(2)16(11-23)15-5-3-4-6-18(15)22/h3-9,11H,10H2,1-2H3,(H,21,24). The largest absolute Gasteiger partial charge is 0.335 e. The quantitative estimate of drug-likeness (QED) is 0.674. The Bertz CT molecular complexity index is 944. The fourth-order valence-corrected chi connectivity index (χ4v) is 3.39. The van der Waals surface area contributed by atoms with Crippen molar-refractivity contribution in [2.24, 2.45) is 0 Å². The Labute approximate surface area is 148 Å². The summed E-state index contributed by atoms with van der Waals surface area (Å²) in [4.78, 5) is 23.9. The highest BCUT2D eigenvalue weighted by molar-refractivity contribution is 9.10. The highest BCUT2D eigenvalue weighted by atomic mass is 79.9. The lowest BCUT2D eigenvalue weighted by molar-refractivity contribution is -0.116. The molecule has 24 heavy (non-hydrogen) atoms. The summed E-state index contributed by atoms with van der Waals surface area (Å²) in [5.41, 5.74) is 4.10. The zero-order valence-electron chi connectivity index (χ0n) is 13.5. The van der Waals surface area contributed by atoms with Crippen molar-refractivity contribution in [1.82, 2.24) is 4.57 Å². The normalized spacial score (nSPS) is 10.8. The Morgan fingerprint density at radius 2 is 1.96 bits per heavy atom. The number of fused-ring (bicyclic) bond motifs is 1. The highest BCUT2D eigenvalue weighted by Gasteiger charge is 2.15. The number of aromatic nitrogens is 1. The average molecular weight is 385 g/mol. The maximum Gasteiger partial charge on any atom is 0.244 e. The molecule has 1 aromatic heterocycles. The van der Waals surface area contributed by atoms with Crippen molar-refractivity contribution in [2.45, 2.75) is 20.4 Å². The molecule has 0 unspecified atom stereocenters. The van der Waals surface area contributed by atoms with Crippen LogP contribution in [0.4, 0.5) is 5.69 Å². The van der Waals surface area contributed by atoms with E-state index in [4.69, 9.17) is 0 Å². The van der Waals surface area contributed by atoms with Gasteiger partial charge in [-0.2, -0.15) is 0 Å². The van der Waals surface area contributed by atoms with E-state index in [1.807, 2.05) is 60.9 Å². The molecule has 0 saturated heterocycles. The molecule has 2 aromatic carbocycles. The van der Waals surface area contributed by atoms with E-state index in [9.17, 15) is 9.59 Å². The second kappa shape index (κ2) is 6.61. The molecule has 0 aliphatic heterocycles. The number of rotatable bonds is 4. The number of halogens is 1. The first kappa shape index (κ1) is 16.5. The summed E-state index contributed by atoms with van der Waals surface area (Å²) < 4.78 is 2.85. The summed E-state index contributed by atoms with van der Waals surface area (Å²) in [5.74, 6) is -0.123. The molecular weight excluding hydrogens is 368 g/mol. The fraction of sp³-hybridized carbons (Fsp3) is 0.158. The van der Waals surface area contributed by atoms with Crippen molar-refractivity contribution < 1.29 is 9.59 Å². The van der Waals surface area contributed by atoms with Gasteiger partial charge >= 0.3 is 0 Å². The topological polar surface area (TPSA) is 51.1 Å². The van der Waals surface area contributed by atoms with Crippen LogP contribution in [0.15, 0.2) is 46.9 Å². The van der Waals surface area contributed by atoms with E-state index in [1.54, 1.807) is 0 Å². The summed E-state index contributed by atoms with van der Waals surface area (Å²) in [6, 6.07) is 13.3. The summed E-state index contributed by atoms with van der Waals surface area (Å²) in [7, 11) is 0. The number of aldehydes is 1. The monoisotopic (exact) mass is 384 g/mol. The second-order valence-corrected chi connectivity index (χ2v) is 6.64. The van der Waals surface area contributed by atoms with E-state index >= 15 is 0 Å². The van der Waals surface area contributed by atoms with Crippen molar-refractivity contribution in [2.75, 3.05) is 5.32 Å². The lowest BCUT2D eigenvalue weighted by Gasteiger charge is -2.11. The minimum Gasteiger partial charge on any atom is -0.335 e. The van der Waals surface area contributed by atoms with Gasteiger partial charge in [-0.1, -0.05) is 34.1 Å². The minimum absolute atomic E-state index is 0.123. The Morgan fingerprint density at radius 1 is 1.21 bits per heavy atom. The molecule has 1 amide bonds. The number of amides is 1. The molecule has 1 N–H and O–H groups in total. The summed E-state index contributed by atoms with van der Waals surface area (Å²) in [6.07, 6.45) is 0.852. The van der Waals surface area contributed by atoms with Gasteiger partial charge in [-0.15, -0.1) is 0 Å². The van der Waals surface area contributed by atoms with Crippen molar-refractivity contribution in [3.8, 4) is 0 Å². The van der Waals surface area contributed by atoms with Crippen molar-refractivity contribution >= 4 is 44.7 Å². The number of nitrogens with zero attached hydrogens (tertiary/aromatic N) is 1. The number of carbonyl (C=O) groups excluding carboxylic acids is 2. The van der Waals surface area contributed by atoms with Gasteiger partial charge in [0.25, 0.3) is 0 Å². The van der Waals surface area contributed by atoms with E-state index in [-0.39, 0.29) is 12.5 Å². The first-order valence-electron chi connectivity index (χ1n) is 7.60. The Morgan fingerprint density at radius 3 is 2.67 bits per heavy atom. The fourth-order valence-electron chi connectivity index (χ4n) is 2.91. The Hall–Kier alpha value is -2.40. The van der Waals surface area contributed by atoms with Crippen LogP contribution in [-0.4, -0.2) is 16.8 Å². The van der Waals surface area contributed by atoms with Crippen molar-refractivity contribution in [1.29, 1.82) is 0 Å². The van der Waals surface area contributed by atoms with Gasteiger partial charge in [0.05, 0.1) is 0 Å². The molecule has 0 fully saturated rings.